The molecular formula is C11H16N2O2S. The van der Waals surface area contributed by atoms with Gasteiger partial charge in [-0.25, -0.2) is 13.1 Å². The van der Waals surface area contributed by atoms with Crippen LogP contribution < -0.4 is 10.0 Å². The molecule has 0 aliphatic carbocycles. The predicted molar refractivity (Wildman–Crippen MR) is 64.1 cm³/mol. The normalized spacial score (nSPS) is 14.6. The second-order valence-corrected chi connectivity index (χ2v) is 5.66. The number of rotatable bonds is 4. The Balaban J connectivity index is 2.27. The lowest BCUT2D eigenvalue weighted by atomic mass is 10.2. The van der Waals surface area contributed by atoms with Crippen LogP contribution in [0.2, 0.25) is 0 Å². The number of hydrogen-bond donors (Lipinski definition) is 2. The van der Waals surface area contributed by atoms with E-state index in [2.05, 4.69) is 10.0 Å². The van der Waals surface area contributed by atoms with Gasteiger partial charge in [-0.1, -0.05) is 13.0 Å². The predicted octanol–water partition coefficient (Wildman–Crippen LogP) is 1.34. The average Bonchev–Trinajstić information content (AvgIpc) is 2.73. The van der Waals surface area contributed by atoms with E-state index in [0.29, 0.717) is 11.4 Å². The summed E-state index contributed by atoms with van der Waals surface area (Å²) in [6.45, 7) is 3.31. The third-order valence-corrected chi connectivity index (χ3v) is 4.10. The number of nitrogens with one attached hydrogen (secondary N) is 2. The molecule has 0 atom stereocenters. The molecule has 0 fully saturated rings. The van der Waals surface area contributed by atoms with Gasteiger partial charge in [-0.3, -0.25) is 0 Å². The number of benzene rings is 1. The van der Waals surface area contributed by atoms with E-state index in [0.717, 1.165) is 25.1 Å². The Morgan fingerprint density at radius 1 is 1.44 bits per heavy atom. The smallest absolute Gasteiger partial charge is 0.240 e. The quantitative estimate of drug-likeness (QED) is 0.835. The maximum atomic E-state index is 11.9. The van der Waals surface area contributed by atoms with Crippen LogP contribution in [0.1, 0.15) is 18.9 Å². The first-order valence-corrected chi connectivity index (χ1v) is 6.98. The van der Waals surface area contributed by atoms with Gasteiger partial charge in [0.1, 0.15) is 0 Å². The van der Waals surface area contributed by atoms with Crippen molar-refractivity contribution in [1.29, 1.82) is 0 Å². The molecule has 0 unspecified atom stereocenters. The zero-order valence-electron chi connectivity index (χ0n) is 9.29. The van der Waals surface area contributed by atoms with E-state index in [1.807, 2.05) is 13.0 Å². The summed E-state index contributed by atoms with van der Waals surface area (Å²) in [6, 6.07) is 5.26. The van der Waals surface area contributed by atoms with E-state index in [4.69, 9.17) is 0 Å². The summed E-state index contributed by atoms with van der Waals surface area (Å²) in [5.41, 5.74) is 2.13. The molecule has 5 heteroatoms. The van der Waals surface area contributed by atoms with E-state index in [1.165, 1.54) is 5.56 Å². The fourth-order valence-electron chi connectivity index (χ4n) is 1.76. The number of anilines is 1. The van der Waals surface area contributed by atoms with E-state index in [-0.39, 0.29) is 0 Å². The van der Waals surface area contributed by atoms with E-state index in [9.17, 15) is 8.42 Å². The number of hydrogen-bond acceptors (Lipinski definition) is 3. The molecule has 88 valence electrons. The Hall–Kier alpha value is -1.07. The Kier molecular flexibility index (Phi) is 3.16. The fourth-order valence-corrected chi connectivity index (χ4v) is 2.92. The van der Waals surface area contributed by atoms with Gasteiger partial charge < -0.3 is 5.32 Å². The third-order valence-electron chi connectivity index (χ3n) is 2.64. The monoisotopic (exact) mass is 240 g/mol. The second kappa shape index (κ2) is 4.43. The largest absolute Gasteiger partial charge is 0.384 e. The van der Waals surface area contributed by atoms with Gasteiger partial charge in [0.05, 0.1) is 4.90 Å². The molecular weight excluding hydrogens is 224 g/mol. The van der Waals surface area contributed by atoms with Crippen LogP contribution in [0.25, 0.3) is 0 Å². The van der Waals surface area contributed by atoms with Crippen molar-refractivity contribution in [3.05, 3.63) is 23.8 Å². The van der Waals surface area contributed by atoms with Gasteiger partial charge in [0.15, 0.2) is 0 Å². The van der Waals surface area contributed by atoms with Crippen molar-refractivity contribution in [1.82, 2.24) is 4.72 Å². The molecule has 1 heterocycles. The number of sulfonamides is 1. The van der Waals surface area contributed by atoms with Gasteiger partial charge in [-0.15, -0.1) is 0 Å². The summed E-state index contributed by atoms with van der Waals surface area (Å²) in [5.74, 6) is 0. The van der Waals surface area contributed by atoms with Crippen LogP contribution in [0.5, 0.6) is 0 Å². The summed E-state index contributed by atoms with van der Waals surface area (Å²) < 4.78 is 26.3. The highest BCUT2D eigenvalue weighted by molar-refractivity contribution is 7.89. The minimum atomic E-state index is -3.33. The Bertz CT molecular complexity index is 483. The zero-order chi connectivity index (χ0) is 11.6. The lowest BCUT2D eigenvalue weighted by Gasteiger charge is -2.07. The van der Waals surface area contributed by atoms with Crippen LogP contribution in [0.4, 0.5) is 5.69 Å². The van der Waals surface area contributed by atoms with Crippen molar-refractivity contribution < 1.29 is 8.42 Å². The van der Waals surface area contributed by atoms with Gasteiger partial charge in [-0.05, 0) is 30.5 Å². The Labute approximate surface area is 96.1 Å². The Morgan fingerprint density at radius 2 is 2.25 bits per heavy atom. The Morgan fingerprint density at radius 3 is 3.00 bits per heavy atom. The highest BCUT2D eigenvalue weighted by Gasteiger charge is 2.17. The highest BCUT2D eigenvalue weighted by Crippen LogP contribution is 2.25. The minimum Gasteiger partial charge on any atom is -0.384 e. The lowest BCUT2D eigenvalue weighted by Crippen LogP contribution is -2.24. The maximum Gasteiger partial charge on any atom is 0.240 e. The van der Waals surface area contributed by atoms with Crippen molar-refractivity contribution in [3.63, 3.8) is 0 Å². The van der Waals surface area contributed by atoms with Crippen molar-refractivity contribution in [2.75, 3.05) is 18.4 Å². The minimum absolute atomic E-state index is 0.342. The van der Waals surface area contributed by atoms with E-state index < -0.39 is 10.0 Å². The molecule has 1 aliphatic heterocycles. The lowest BCUT2D eigenvalue weighted by molar-refractivity contribution is 0.581. The average molecular weight is 240 g/mol. The van der Waals surface area contributed by atoms with Crippen LogP contribution in [0.3, 0.4) is 0 Å². The molecule has 16 heavy (non-hydrogen) atoms. The fraction of sp³-hybridized carbons (Fsp3) is 0.455. The van der Waals surface area contributed by atoms with Gasteiger partial charge in [-0.2, -0.15) is 0 Å². The van der Waals surface area contributed by atoms with Crippen molar-refractivity contribution >= 4 is 15.7 Å². The summed E-state index contributed by atoms with van der Waals surface area (Å²) in [5, 5.41) is 3.18. The molecule has 0 saturated carbocycles. The first kappa shape index (κ1) is 11.4. The molecule has 1 aliphatic rings. The number of fused-ring (bicyclic) bond motifs is 1. The molecule has 0 aromatic heterocycles. The second-order valence-electron chi connectivity index (χ2n) is 3.89. The summed E-state index contributed by atoms with van der Waals surface area (Å²) in [7, 11) is -3.33. The SMILES string of the molecule is CCCNS(=O)(=O)c1ccc2c(c1)NCC2. The van der Waals surface area contributed by atoms with Crippen LogP contribution in [0, 0.1) is 0 Å². The van der Waals surface area contributed by atoms with Crippen LogP contribution in [-0.2, 0) is 16.4 Å². The first-order chi connectivity index (χ1) is 7.63. The highest BCUT2D eigenvalue weighted by atomic mass is 32.2. The molecule has 0 saturated heterocycles. The molecule has 2 N–H and O–H groups in total. The molecule has 4 nitrogen and oxygen atoms in total. The van der Waals surface area contributed by atoms with Gasteiger partial charge >= 0.3 is 0 Å². The topological polar surface area (TPSA) is 58.2 Å². The maximum absolute atomic E-state index is 11.9. The molecule has 0 spiro atoms. The van der Waals surface area contributed by atoms with Crippen molar-refractivity contribution in [2.24, 2.45) is 0 Å². The van der Waals surface area contributed by atoms with Gasteiger partial charge in [0, 0.05) is 18.8 Å². The van der Waals surface area contributed by atoms with Crippen LogP contribution in [0.15, 0.2) is 23.1 Å². The molecule has 2 rings (SSSR count). The molecule has 0 amide bonds. The summed E-state index contributed by atoms with van der Waals surface area (Å²) in [4.78, 5) is 0.342. The first-order valence-electron chi connectivity index (χ1n) is 5.50. The third kappa shape index (κ3) is 2.20. The summed E-state index contributed by atoms with van der Waals surface area (Å²) >= 11 is 0. The zero-order valence-corrected chi connectivity index (χ0v) is 10.1. The molecule has 0 radical (unpaired) electrons. The standard InChI is InChI=1S/C11H16N2O2S/c1-2-6-13-16(14,15)10-4-3-9-5-7-12-11(9)8-10/h3-4,8,12-13H,2,5-7H2,1H3. The van der Waals surface area contributed by atoms with Gasteiger partial charge in [0.25, 0.3) is 0 Å². The van der Waals surface area contributed by atoms with Crippen molar-refractivity contribution in [2.45, 2.75) is 24.7 Å². The van der Waals surface area contributed by atoms with E-state index >= 15 is 0 Å². The summed E-state index contributed by atoms with van der Waals surface area (Å²) in [6.07, 6.45) is 1.76. The van der Waals surface area contributed by atoms with E-state index in [1.54, 1.807) is 12.1 Å². The van der Waals surface area contributed by atoms with Crippen LogP contribution >= 0.6 is 0 Å². The molecule has 1 aromatic rings. The molecule has 0 bridgehead atoms. The van der Waals surface area contributed by atoms with Crippen LogP contribution in [-0.4, -0.2) is 21.5 Å². The van der Waals surface area contributed by atoms with Crippen molar-refractivity contribution in [3.8, 4) is 0 Å². The molecule has 1 aromatic carbocycles. The van der Waals surface area contributed by atoms with Gasteiger partial charge in [0.2, 0.25) is 10.0 Å².